The summed E-state index contributed by atoms with van der Waals surface area (Å²) in [5.74, 6) is -1.23. The van der Waals surface area contributed by atoms with Gasteiger partial charge >= 0.3 is 6.18 Å². The number of hydrogen-bond donors (Lipinski definition) is 2. The van der Waals surface area contributed by atoms with Crippen LogP contribution in [0.1, 0.15) is 12.0 Å². The van der Waals surface area contributed by atoms with E-state index in [1.54, 1.807) is 9.80 Å². The summed E-state index contributed by atoms with van der Waals surface area (Å²) >= 11 is 0. The lowest BCUT2D eigenvalue weighted by atomic mass is 10.0. The first-order valence-corrected chi connectivity index (χ1v) is 10.3. The zero-order valence-corrected chi connectivity index (χ0v) is 17.7. The third kappa shape index (κ3) is 6.73. The third-order valence-corrected chi connectivity index (χ3v) is 5.21. The fourth-order valence-corrected chi connectivity index (χ4v) is 3.36. The number of nitriles is 1. The number of carbonyl (C=O) groups excluding carboxylic acids is 2. The molecule has 180 valence electrons. The molecule has 2 N–H and O–H groups in total. The molecule has 2 amide bonds. The van der Waals surface area contributed by atoms with E-state index in [2.05, 4.69) is 20.8 Å². The second-order valence-electron chi connectivity index (χ2n) is 7.39. The van der Waals surface area contributed by atoms with Crippen LogP contribution in [0.5, 0.6) is 0 Å². The van der Waals surface area contributed by atoms with E-state index < -0.39 is 29.7 Å². The van der Waals surface area contributed by atoms with E-state index >= 15 is 0 Å². The highest BCUT2D eigenvalue weighted by Gasteiger charge is 2.33. The lowest BCUT2D eigenvalue weighted by Crippen LogP contribution is -2.55. The van der Waals surface area contributed by atoms with Gasteiger partial charge in [-0.3, -0.25) is 15.0 Å². The summed E-state index contributed by atoms with van der Waals surface area (Å²) in [6, 6.07) is 1.90. The molecule has 2 fully saturated rings. The average molecular weight is 471 g/mol. The first-order chi connectivity index (χ1) is 15.8. The van der Waals surface area contributed by atoms with Crippen LogP contribution in [0.2, 0.25) is 0 Å². The smallest absolute Gasteiger partial charge is 0.379 e. The molecule has 0 bridgehead atoms. The maximum atomic E-state index is 12.6. The molecule has 0 aromatic carbocycles. The lowest BCUT2D eigenvalue weighted by molar-refractivity contribution is -0.138. The number of rotatable bonds is 8. The first kappa shape index (κ1) is 24.6. The fraction of sp³-hybridized carbons (Fsp3) is 0.632. The summed E-state index contributed by atoms with van der Waals surface area (Å²) in [7, 11) is 0. The molecule has 2 aliphatic rings. The molecule has 1 aromatic heterocycles. The Morgan fingerprint density at radius 3 is 2.52 bits per heavy atom. The van der Waals surface area contributed by atoms with E-state index in [0.717, 1.165) is 12.4 Å². The van der Waals surface area contributed by atoms with Crippen LogP contribution in [-0.2, 0) is 25.2 Å². The highest BCUT2D eigenvalue weighted by atomic mass is 19.4. The zero-order chi connectivity index (χ0) is 23.8. The Hall–Kier alpha value is -3.02. The predicted molar refractivity (Wildman–Crippen MR) is 106 cm³/mol. The Labute approximate surface area is 187 Å². The van der Waals surface area contributed by atoms with E-state index in [4.69, 9.17) is 14.7 Å². The molecule has 0 radical (unpaired) electrons. The number of carbonyl (C=O) groups is 2. The van der Waals surface area contributed by atoms with Crippen LogP contribution in [0.3, 0.4) is 0 Å². The molecule has 11 nitrogen and oxygen atoms in total. The van der Waals surface area contributed by atoms with Gasteiger partial charge in [0.25, 0.3) is 5.91 Å². The van der Waals surface area contributed by atoms with Crippen molar-refractivity contribution in [3.63, 3.8) is 0 Å². The van der Waals surface area contributed by atoms with Gasteiger partial charge in [-0.05, 0) is 0 Å². The van der Waals surface area contributed by atoms with Crippen molar-refractivity contribution < 1.29 is 32.2 Å². The predicted octanol–water partition coefficient (Wildman–Crippen LogP) is -0.290. The molecule has 3 rings (SSSR count). The SMILES string of the molecule is N#CC1C(=O)NNCC1OCCOCCC(=O)N1CCN(c2ncc(C(F)(F)F)cn2)CC1. The number of amides is 2. The Kier molecular flexibility index (Phi) is 8.37. The van der Waals surface area contributed by atoms with Crippen molar-refractivity contribution in [1.29, 1.82) is 5.26 Å². The van der Waals surface area contributed by atoms with Crippen molar-refractivity contribution in [2.75, 3.05) is 57.4 Å². The lowest BCUT2D eigenvalue weighted by Gasteiger charge is -2.34. The summed E-state index contributed by atoms with van der Waals surface area (Å²) in [5.41, 5.74) is 4.12. The number of nitrogens with one attached hydrogen (secondary N) is 2. The van der Waals surface area contributed by atoms with Gasteiger partial charge in [0.2, 0.25) is 11.9 Å². The van der Waals surface area contributed by atoms with Crippen LogP contribution in [0.4, 0.5) is 19.1 Å². The van der Waals surface area contributed by atoms with Crippen molar-refractivity contribution in [3.05, 3.63) is 18.0 Å². The number of hydrazine groups is 1. The van der Waals surface area contributed by atoms with Crippen LogP contribution in [-0.4, -0.2) is 85.3 Å². The summed E-state index contributed by atoms with van der Waals surface area (Å²) < 4.78 is 48.8. The van der Waals surface area contributed by atoms with Gasteiger partial charge in [-0.15, -0.1) is 0 Å². The Bertz CT molecular complexity index is 854. The molecule has 2 aliphatic heterocycles. The van der Waals surface area contributed by atoms with Crippen LogP contribution in [0.25, 0.3) is 0 Å². The molecule has 0 spiro atoms. The van der Waals surface area contributed by atoms with Gasteiger partial charge in [-0.25, -0.2) is 15.4 Å². The van der Waals surface area contributed by atoms with E-state index in [-0.39, 0.29) is 38.1 Å². The van der Waals surface area contributed by atoms with Gasteiger partial charge in [-0.2, -0.15) is 18.4 Å². The second kappa shape index (κ2) is 11.2. The Morgan fingerprint density at radius 1 is 1.18 bits per heavy atom. The van der Waals surface area contributed by atoms with Crippen LogP contribution >= 0.6 is 0 Å². The molecule has 2 unspecified atom stereocenters. The van der Waals surface area contributed by atoms with E-state index in [9.17, 15) is 22.8 Å². The number of alkyl halides is 3. The van der Waals surface area contributed by atoms with Crippen molar-refractivity contribution in [1.82, 2.24) is 25.7 Å². The molecule has 2 saturated heterocycles. The monoisotopic (exact) mass is 471 g/mol. The Morgan fingerprint density at radius 2 is 1.88 bits per heavy atom. The topological polar surface area (TPSA) is 133 Å². The fourth-order valence-electron chi connectivity index (χ4n) is 3.36. The van der Waals surface area contributed by atoms with Gasteiger partial charge in [0.05, 0.1) is 44.0 Å². The standard InChI is InChI=1S/C19H24F3N7O4/c20-19(21,22)13-10-24-18(25-11-13)29-4-2-28(3-5-29)16(30)1-6-32-7-8-33-15-12-26-27-17(31)14(15)9-23/h10-11,14-15,26H,1-8,12H2,(H,27,31). The van der Waals surface area contributed by atoms with E-state index in [1.807, 2.05) is 6.07 Å². The summed E-state index contributed by atoms with van der Waals surface area (Å²) in [6.07, 6.45) is -3.38. The quantitative estimate of drug-likeness (QED) is 0.491. The van der Waals surface area contributed by atoms with E-state index in [0.29, 0.717) is 32.7 Å². The minimum atomic E-state index is -4.49. The van der Waals surface area contributed by atoms with Crippen molar-refractivity contribution in [2.45, 2.75) is 18.7 Å². The summed E-state index contributed by atoms with van der Waals surface area (Å²) in [6.45, 7) is 2.52. The third-order valence-electron chi connectivity index (χ3n) is 5.21. The zero-order valence-electron chi connectivity index (χ0n) is 17.7. The number of nitrogens with zero attached hydrogens (tertiary/aromatic N) is 5. The number of ether oxygens (including phenoxy) is 2. The second-order valence-corrected chi connectivity index (χ2v) is 7.39. The minimum Gasteiger partial charge on any atom is -0.379 e. The maximum absolute atomic E-state index is 12.6. The molecule has 14 heteroatoms. The van der Waals surface area contributed by atoms with Crippen molar-refractivity contribution in [2.24, 2.45) is 5.92 Å². The van der Waals surface area contributed by atoms with Gasteiger partial charge in [-0.1, -0.05) is 0 Å². The van der Waals surface area contributed by atoms with E-state index in [1.165, 1.54) is 0 Å². The molecule has 33 heavy (non-hydrogen) atoms. The summed E-state index contributed by atoms with van der Waals surface area (Å²) in [4.78, 5) is 34.8. The molecular formula is C19H24F3N7O4. The van der Waals surface area contributed by atoms with Crippen molar-refractivity contribution in [3.8, 4) is 6.07 Å². The molecule has 0 aliphatic carbocycles. The van der Waals surface area contributed by atoms with Crippen LogP contribution < -0.4 is 15.8 Å². The van der Waals surface area contributed by atoms with Gasteiger partial charge < -0.3 is 19.3 Å². The van der Waals surface area contributed by atoms with Gasteiger partial charge in [0.15, 0.2) is 5.92 Å². The molecule has 0 saturated carbocycles. The summed E-state index contributed by atoms with van der Waals surface area (Å²) in [5, 5.41) is 9.04. The van der Waals surface area contributed by atoms with Crippen LogP contribution in [0.15, 0.2) is 12.4 Å². The Balaban J connectivity index is 1.30. The molecule has 1 aromatic rings. The van der Waals surface area contributed by atoms with Gasteiger partial charge in [0, 0.05) is 45.1 Å². The highest BCUT2D eigenvalue weighted by Crippen LogP contribution is 2.28. The normalized spacial score (nSPS) is 21.5. The number of anilines is 1. The molecule has 3 heterocycles. The molecule has 2 atom stereocenters. The number of halogens is 3. The maximum Gasteiger partial charge on any atom is 0.419 e. The number of aromatic nitrogens is 2. The van der Waals surface area contributed by atoms with Crippen LogP contribution in [0, 0.1) is 17.2 Å². The minimum absolute atomic E-state index is 0.0957. The average Bonchev–Trinajstić information content (AvgIpc) is 2.81. The highest BCUT2D eigenvalue weighted by molar-refractivity contribution is 5.82. The first-order valence-electron chi connectivity index (χ1n) is 10.3. The van der Waals surface area contributed by atoms with Gasteiger partial charge in [0.1, 0.15) is 0 Å². The largest absolute Gasteiger partial charge is 0.419 e. The molecular weight excluding hydrogens is 447 g/mol. The number of hydrogen-bond acceptors (Lipinski definition) is 9. The van der Waals surface area contributed by atoms with Crippen molar-refractivity contribution >= 4 is 17.8 Å². The number of piperazine rings is 1.